The average Bonchev–Trinajstić information content (AvgIpc) is 2.23. The van der Waals surface area contributed by atoms with E-state index in [0.29, 0.717) is 18.9 Å². The van der Waals surface area contributed by atoms with Gasteiger partial charge in [0.2, 0.25) is 0 Å². The lowest BCUT2D eigenvalue weighted by atomic mass is 9.78. The Hall–Kier alpha value is -0.130. The van der Waals surface area contributed by atoms with Crippen molar-refractivity contribution in [1.29, 1.82) is 0 Å². The van der Waals surface area contributed by atoms with Gasteiger partial charge in [0.1, 0.15) is 0 Å². The molecule has 0 amide bonds. The van der Waals surface area contributed by atoms with Crippen molar-refractivity contribution >= 4 is 9.84 Å². The van der Waals surface area contributed by atoms with E-state index in [1.807, 2.05) is 0 Å². The molecule has 1 atom stereocenters. The maximum absolute atomic E-state index is 11.8. The van der Waals surface area contributed by atoms with Gasteiger partial charge in [-0.05, 0) is 32.6 Å². The third-order valence-electron chi connectivity index (χ3n) is 3.24. The van der Waals surface area contributed by atoms with Gasteiger partial charge in [-0.15, -0.1) is 0 Å². The highest BCUT2D eigenvalue weighted by Gasteiger charge is 2.31. The zero-order valence-corrected chi connectivity index (χ0v) is 12.3. The van der Waals surface area contributed by atoms with Crippen molar-refractivity contribution in [1.82, 2.24) is 0 Å². The minimum absolute atomic E-state index is 0.0463. The molecular weight excluding hydrogens is 238 g/mol. The van der Waals surface area contributed by atoms with Crippen LogP contribution in [0.25, 0.3) is 0 Å². The molecule has 17 heavy (non-hydrogen) atoms. The molecule has 0 fully saturated rings. The predicted molar refractivity (Wildman–Crippen MR) is 71.6 cm³/mol. The summed E-state index contributed by atoms with van der Waals surface area (Å²) in [7, 11) is -3.05. The van der Waals surface area contributed by atoms with E-state index in [9.17, 15) is 13.5 Å². The lowest BCUT2D eigenvalue weighted by Gasteiger charge is -2.32. The topological polar surface area (TPSA) is 80.4 Å². The monoisotopic (exact) mass is 265 g/mol. The van der Waals surface area contributed by atoms with Gasteiger partial charge >= 0.3 is 0 Å². The quantitative estimate of drug-likeness (QED) is 0.690. The van der Waals surface area contributed by atoms with Crippen molar-refractivity contribution in [3.63, 3.8) is 0 Å². The van der Waals surface area contributed by atoms with Gasteiger partial charge in [-0.25, -0.2) is 8.42 Å². The Bertz CT molecular complexity index is 306. The van der Waals surface area contributed by atoms with Gasteiger partial charge in [0.25, 0.3) is 0 Å². The standard InChI is InChI=1S/C12H27NO3S/c1-10(2)7-12(8-13,9-14)5-6-17(15,16)11(3)4/h10-11,14H,5-9,13H2,1-4H3. The van der Waals surface area contributed by atoms with Crippen LogP contribution >= 0.6 is 0 Å². The van der Waals surface area contributed by atoms with E-state index < -0.39 is 15.3 Å². The minimum atomic E-state index is -3.05. The molecule has 1 unspecified atom stereocenters. The Kier molecular flexibility index (Phi) is 6.66. The summed E-state index contributed by atoms with van der Waals surface area (Å²) >= 11 is 0. The molecule has 0 saturated heterocycles. The fourth-order valence-electron chi connectivity index (χ4n) is 1.96. The maximum Gasteiger partial charge on any atom is 0.152 e. The molecule has 0 aliphatic heterocycles. The second-order valence-electron chi connectivity index (χ2n) is 5.63. The van der Waals surface area contributed by atoms with Gasteiger partial charge in [-0.3, -0.25) is 0 Å². The molecule has 0 radical (unpaired) electrons. The van der Waals surface area contributed by atoms with E-state index in [4.69, 9.17) is 5.73 Å². The van der Waals surface area contributed by atoms with E-state index in [1.54, 1.807) is 13.8 Å². The molecular formula is C12H27NO3S. The van der Waals surface area contributed by atoms with Gasteiger partial charge in [0, 0.05) is 18.6 Å². The Morgan fingerprint density at radius 3 is 2.06 bits per heavy atom. The first-order chi connectivity index (χ1) is 7.69. The molecule has 104 valence electrons. The Labute approximate surface area is 106 Å². The molecule has 0 aromatic heterocycles. The van der Waals surface area contributed by atoms with Crippen LogP contribution in [0.4, 0.5) is 0 Å². The normalized spacial score (nSPS) is 16.5. The number of hydrogen-bond donors (Lipinski definition) is 2. The maximum atomic E-state index is 11.8. The molecule has 0 spiro atoms. The number of aliphatic hydroxyl groups is 1. The highest BCUT2D eigenvalue weighted by Crippen LogP contribution is 2.30. The van der Waals surface area contributed by atoms with Gasteiger partial charge in [0.05, 0.1) is 11.0 Å². The molecule has 0 heterocycles. The van der Waals surface area contributed by atoms with Crippen LogP contribution in [-0.2, 0) is 9.84 Å². The molecule has 0 aliphatic rings. The van der Waals surface area contributed by atoms with Crippen molar-refractivity contribution in [2.45, 2.75) is 45.8 Å². The van der Waals surface area contributed by atoms with Crippen LogP contribution in [0.2, 0.25) is 0 Å². The van der Waals surface area contributed by atoms with Crippen LogP contribution in [0.3, 0.4) is 0 Å². The SMILES string of the molecule is CC(C)CC(CN)(CO)CCS(=O)(=O)C(C)C. The molecule has 0 saturated carbocycles. The molecule has 5 heteroatoms. The summed E-state index contributed by atoms with van der Waals surface area (Å²) < 4.78 is 23.5. The molecule has 0 rings (SSSR count). The first kappa shape index (κ1) is 16.9. The first-order valence-electron chi connectivity index (χ1n) is 6.21. The van der Waals surface area contributed by atoms with Gasteiger partial charge in [-0.2, -0.15) is 0 Å². The molecule has 0 aromatic rings. The number of hydrogen-bond acceptors (Lipinski definition) is 4. The second kappa shape index (κ2) is 6.71. The number of aliphatic hydroxyl groups excluding tert-OH is 1. The van der Waals surface area contributed by atoms with Crippen LogP contribution in [0.1, 0.15) is 40.5 Å². The summed E-state index contributed by atoms with van der Waals surface area (Å²) in [5.41, 5.74) is 5.27. The van der Waals surface area contributed by atoms with Crippen LogP contribution < -0.4 is 5.73 Å². The smallest absolute Gasteiger partial charge is 0.152 e. The van der Waals surface area contributed by atoms with Crippen LogP contribution in [-0.4, -0.2) is 37.7 Å². The van der Waals surface area contributed by atoms with Gasteiger partial charge < -0.3 is 10.8 Å². The second-order valence-corrected chi connectivity index (χ2v) is 8.30. The van der Waals surface area contributed by atoms with E-state index in [1.165, 1.54) is 0 Å². The highest BCUT2D eigenvalue weighted by atomic mass is 32.2. The third-order valence-corrected chi connectivity index (χ3v) is 5.45. The first-order valence-corrected chi connectivity index (χ1v) is 7.93. The van der Waals surface area contributed by atoms with Crippen molar-refractivity contribution in [2.75, 3.05) is 18.9 Å². The fourth-order valence-corrected chi connectivity index (χ4v) is 3.15. The van der Waals surface area contributed by atoms with E-state index in [0.717, 1.165) is 6.42 Å². The van der Waals surface area contributed by atoms with Crippen molar-refractivity contribution < 1.29 is 13.5 Å². The van der Waals surface area contributed by atoms with Crippen molar-refractivity contribution in [3.8, 4) is 0 Å². The minimum Gasteiger partial charge on any atom is -0.396 e. The summed E-state index contributed by atoms with van der Waals surface area (Å²) in [6.45, 7) is 7.75. The lowest BCUT2D eigenvalue weighted by Crippen LogP contribution is -2.38. The lowest BCUT2D eigenvalue weighted by molar-refractivity contribution is 0.104. The van der Waals surface area contributed by atoms with Crippen LogP contribution in [0, 0.1) is 11.3 Å². The van der Waals surface area contributed by atoms with E-state index >= 15 is 0 Å². The Morgan fingerprint density at radius 2 is 1.76 bits per heavy atom. The van der Waals surface area contributed by atoms with E-state index in [2.05, 4.69) is 13.8 Å². The molecule has 0 bridgehead atoms. The number of rotatable bonds is 8. The number of nitrogens with two attached hydrogens (primary N) is 1. The fraction of sp³-hybridized carbons (Fsp3) is 1.00. The largest absolute Gasteiger partial charge is 0.396 e. The molecule has 3 N–H and O–H groups in total. The van der Waals surface area contributed by atoms with E-state index in [-0.39, 0.29) is 17.6 Å². The van der Waals surface area contributed by atoms with Crippen molar-refractivity contribution in [3.05, 3.63) is 0 Å². The summed E-state index contributed by atoms with van der Waals surface area (Å²) in [4.78, 5) is 0. The predicted octanol–water partition coefficient (Wildman–Crippen LogP) is 1.18. The van der Waals surface area contributed by atoms with Crippen LogP contribution in [0.5, 0.6) is 0 Å². The van der Waals surface area contributed by atoms with Gasteiger partial charge in [0.15, 0.2) is 9.84 Å². The van der Waals surface area contributed by atoms with Gasteiger partial charge in [-0.1, -0.05) is 13.8 Å². The number of sulfone groups is 1. The summed E-state index contributed by atoms with van der Waals surface area (Å²) in [6, 6.07) is 0. The Morgan fingerprint density at radius 1 is 1.24 bits per heavy atom. The van der Waals surface area contributed by atoms with Crippen LogP contribution in [0.15, 0.2) is 0 Å². The Balaban J connectivity index is 4.68. The average molecular weight is 265 g/mol. The molecule has 0 aromatic carbocycles. The summed E-state index contributed by atoms with van der Waals surface area (Å²) in [5.74, 6) is 0.502. The zero-order valence-electron chi connectivity index (χ0n) is 11.4. The van der Waals surface area contributed by atoms with Crippen molar-refractivity contribution in [2.24, 2.45) is 17.1 Å². The molecule has 0 aliphatic carbocycles. The third kappa shape index (κ3) is 5.36. The summed E-state index contributed by atoms with van der Waals surface area (Å²) in [5, 5.41) is 9.12. The zero-order chi connectivity index (χ0) is 13.7. The summed E-state index contributed by atoms with van der Waals surface area (Å²) in [6.07, 6.45) is 1.20. The highest BCUT2D eigenvalue weighted by molar-refractivity contribution is 7.91. The molecule has 4 nitrogen and oxygen atoms in total.